The molecule has 1 saturated carbocycles. The van der Waals surface area contributed by atoms with E-state index in [1.54, 1.807) is 0 Å². The summed E-state index contributed by atoms with van der Waals surface area (Å²) in [5, 5.41) is 10.1. The van der Waals surface area contributed by atoms with Crippen LogP contribution in [0.2, 0.25) is 0 Å². The predicted molar refractivity (Wildman–Crippen MR) is 56.4 cm³/mol. The highest BCUT2D eigenvalue weighted by atomic mass is 79.9. The summed E-state index contributed by atoms with van der Waals surface area (Å²) < 4.78 is 1.06. The van der Waals surface area contributed by atoms with Gasteiger partial charge in [0.1, 0.15) is 0 Å². The van der Waals surface area contributed by atoms with Crippen molar-refractivity contribution < 1.29 is 5.11 Å². The van der Waals surface area contributed by atoms with Gasteiger partial charge in [-0.2, -0.15) is 0 Å². The molecule has 0 aromatic heterocycles. The van der Waals surface area contributed by atoms with Crippen molar-refractivity contribution in [2.24, 2.45) is 5.92 Å². The Hall–Kier alpha value is -0.340. The minimum absolute atomic E-state index is 0.542. The molecule has 0 unspecified atom stereocenters. The second-order valence-corrected chi connectivity index (χ2v) is 4.97. The van der Waals surface area contributed by atoms with Crippen molar-refractivity contribution in [1.29, 1.82) is 0 Å². The maximum absolute atomic E-state index is 10.1. The number of hydrogen-bond donors (Lipinski definition) is 1. The zero-order valence-electron chi connectivity index (χ0n) is 7.63. The van der Waals surface area contributed by atoms with E-state index in [2.05, 4.69) is 22.9 Å². The van der Waals surface area contributed by atoms with Crippen LogP contribution in [-0.2, 0) is 5.60 Å². The molecule has 70 valence electrons. The molecule has 0 atom stereocenters. The van der Waals surface area contributed by atoms with Crippen LogP contribution in [0.5, 0.6) is 0 Å². The van der Waals surface area contributed by atoms with E-state index in [4.69, 9.17) is 0 Å². The van der Waals surface area contributed by atoms with Crippen LogP contribution in [0.25, 0.3) is 0 Å². The van der Waals surface area contributed by atoms with Gasteiger partial charge in [-0.3, -0.25) is 0 Å². The molecule has 0 saturated heterocycles. The van der Waals surface area contributed by atoms with E-state index < -0.39 is 5.60 Å². The highest BCUT2D eigenvalue weighted by molar-refractivity contribution is 9.10. The molecule has 1 aliphatic rings. The molecular formula is C11H13BrO. The molecule has 1 aromatic rings. The lowest BCUT2D eigenvalue weighted by Crippen LogP contribution is -2.39. The van der Waals surface area contributed by atoms with Gasteiger partial charge in [-0.1, -0.05) is 35.0 Å². The molecule has 0 radical (unpaired) electrons. The Balaban J connectivity index is 2.22. The molecule has 1 nitrogen and oxygen atoms in total. The fraction of sp³-hybridized carbons (Fsp3) is 0.455. The number of halogens is 1. The van der Waals surface area contributed by atoms with Crippen LogP contribution >= 0.6 is 15.9 Å². The molecule has 2 heteroatoms. The Morgan fingerprint density at radius 3 is 2.31 bits per heavy atom. The minimum atomic E-state index is -0.542. The number of aliphatic hydroxyl groups is 1. The van der Waals surface area contributed by atoms with Gasteiger partial charge >= 0.3 is 0 Å². The summed E-state index contributed by atoms with van der Waals surface area (Å²) in [4.78, 5) is 0. The van der Waals surface area contributed by atoms with Gasteiger partial charge in [0, 0.05) is 4.47 Å². The van der Waals surface area contributed by atoms with E-state index in [0.29, 0.717) is 5.92 Å². The third kappa shape index (κ3) is 1.65. The first-order valence-electron chi connectivity index (χ1n) is 4.58. The van der Waals surface area contributed by atoms with Crippen LogP contribution in [0.1, 0.15) is 25.3 Å². The highest BCUT2D eigenvalue weighted by Crippen LogP contribution is 2.45. The molecule has 0 amide bonds. The summed E-state index contributed by atoms with van der Waals surface area (Å²) in [6.45, 7) is 2.17. The van der Waals surface area contributed by atoms with Crippen LogP contribution in [0.4, 0.5) is 0 Å². The lowest BCUT2D eigenvalue weighted by atomic mass is 9.68. The molecule has 0 aliphatic heterocycles. The lowest BCUT2D eigenvalue weighted by molar-refractivity contribution is -0.0738. The first kappa shape index (κ1) is 9.22. The maximum Gasteiger partial charge on any atom is 0.0901 e. The third-order valence-corrected chi connectivity index (χ3v) is 3.28. The molecular weight excluding hydrogens is 228 g/mol. The first-order valence-corrected chi connectivity index (χ1v) is 5.38. The quantitative estimate of drug-likeness (QED) is 0.801. The van der Waals surface area contributed by atoms with Crippen molar-refractivity contribution >= 4 is 15.9 Å². The van der Waals surface area contributed by atoms with Gasteiger partial charge in [0.25, 0.3) is 0 Å². The zero-order valence-corrected chi connectivity index (χ0v) is 9.21. The van der Waals surface area contributed by atoms with Crippen molar-refractivity contribution in [1.82, 2.24) is 0 Å². The topological polar surface area (TPSA) is 20.2 Å². The van der Waals surface area contributed by atoms with Crippen molar-refractivity contribution in [3.63, 3.8) is 0 Å². The summed E-state index contributed by atoms with van der Waals surface area (Å²) in [6, 6.07) is 7.96. The molecule has 2 rings (SSSR count). The number of benzene rings is 1. The smallest absolute Gasteiger partial charge is 0.0901 e. The van der Waals surface area contributed by atoms with E-state index in [1.807, 2.05) is 24.3 Å². The van der Waals surface area contributed by atoms with E-state index in [1.165, 1.54) is 0 Å². The van der Waals surface area contributed by atoms with Crippen molar-refractivity contribution in [3.8, 4) is 0 Å². The molecule has 1 aromatic carbocycles. The average Bonchev–Trinajstić information content (AvgIpc) is 2.03. The molecule has 0 spiro atoms. The molecule has 1 fully saturated rings. The van der Waals surface area contributed by atoms with Crippen LogP contribution in [0.3, 0.4) is 0 Å². The van der Waals surface area contributed by atoms with Gasteiger partial charge < -0.3 is 5.11 Å². The zero-order chi connectivity index (χ0) is 9.47. The normalized spacial score (nSPS) is 32.7. The van der Waals surface area contributed by atoms with E-state index in [9.17, 15) is 5.11 Å². The van der Waals surface area contributed by atoms with Gasteiger partial charge in [-0.05, 0) is 36.5 Å². The number of hydrogen-bond acceptors (Lipinski definition) is 1. The standard InChI is InChI=1S/C11H13BrO/c1-8-6-11(13,7-8)9-2-4-10(12)5-3-9/h2-5,8,13H,6-7H2,1H3. The van der Waals surface area contributed by atoms with Crippen LogP contribution < -0.4 is 0 Å². The molecule has 1 N–H and O–H groups in total. The third-order valence-electron chi connectivity index (χ3n) is 2.75. The summed E-state index contributed by atoms with van der Waals surface area (Å²) in [6.07, 6.45) is 1.79. The molecule has 1 aliphatic carbocycles. The summed E-state index contributed by atoms with van der Waals surface area (Å²) in [5.74, 6) is 0.661. The van der Waals surface area contributed by atoms with Gasteiger partial charge in [-0.25, -0.2) is 0 Å². The Bertz CT molecular complexity index is 298. The van der Waals surface area contributed by atoms with Crippen LogP contribution in [0.15, 0.2) is 28.7 Å². The van der Waals surface area contributed by atoms with E-state index in [-0.39, 0.29) is 0 Å². The van der Waals surface area contributed by atoms with Gasteiger partial charge in [0.15, 0.2) is 0 Å². The van der Waals surface area contributed by atoms with Gasteiger partial charge in [-0.15, -0.1) is 0 Å². The monoisotopic (exact) mass is 240 g/mol. The van der Waals surface area contributed by atoms with Crippen molar-refractivity contribution in [2.75, 3.05) is 0 Å². The second-order valence-electron chi connectivity index (χ2n) is 4.05. The lowest BCUT2D eigenvalue weighted by Gasteiger charge is -2.42. The van der Waals surface area contributed by atoms with Crippen molar-refractivity contribution in [3.05, 3.63) is 34.3 Å². The predicted octanol–water partition coefficient (Wildman–Crippen LogP) is 3.07. The van der Waals surface area contributed by atoms with Crippen molar-refractivity contribution in [2.45, 2.75) is 25.4 Å². The minimum Gasteiger partial charge on any atom is -0.385 e. The average molecular weight is 241 g/mol. The van der Waals surface area contributed by atoms with Gasteiger partial charge in [0.05, 0.1) is 5.60 Å². The SMILES string of the molecule is CC1CC(O)(c2ccc(Br)cc2)C1. The Kier molecular flexibility index (Phi) is 2.20. The Morgan fingerprint density at radius 1 is 1.31 bits per heavy atom. The fourth-order valence-electron chi connectivity index (χ4n) is 2.09. The fourth-order valence-corrected chi connectivity index (χ4v) is 2.35. The first-order chi connectivity index (χ1) is 6.10. The summed E-state index contributed by atoms with van der Waals surface area (Å²) in [7, 11) is 0. The number of rotatable bonds is 1. The highest BCUT2D eigenvalue weighted by Gasteiger charge is 2.41. The second kappa shape index (κ2) is 3.10. The van der Waals surface area contributed by atoms with Crippen LogP contribution in [-0.4, -0.2) is 5.11 Å². The molecule has 0 bridgehead atoms. The molecule has 0 heterocycles. The van der Waals surface area contributed by atoms with E-state index in [0.717, 1.165) is 22.9 Å². The van der Waals surface area contributed by atoms with Gasteiger partial charge in [0.2, 0.25) is 0 Å². The van der Waals surface area contributed by atoms with E-state index >= 15 is 0 Å². The maximum atomic E-state index is 10.1. The Labute approximate surface area is 86.9 Å². The summed E-state index contributed by atoms with van der Waals surface area (Å²) >= 11 is 3.38. The largest absolute Gasteiger partial charge is 0.385 e. The van der Waals surface area contributed by atoms with Crippen LogP contribution in [0, 0.1) is 5.92 Å². The summed E-state index contributed by atoms with van der Waals surface area (Å²) in [5.41, 5.74) is 0.508. The molecule has 13 heavy (non-hydrogen) atoms. The Morgan fingerprint density at radius 2 is 1.85 bits per heavy atom.